The van der Waals surface area contributed by atoms with Crippen molar-refractivity contribution < 1.29 is 14.7 Å². The van der Waals surface area contributed by atoms with E-state index in [1.807, 2.05) is 6.92 Å². The molecular weight excluding hydrogens is 234 g/mol. The van der Waals surface area contributed by atoms with E-state index < -0.39 is 5.97 Å². The Labute approximate surface area is 98.8 Å². The standard InChI is InChI=1S/C9H15NO3S2/c1-3-4-7(11)10-9(14)15-6(2)5-8(12)13/h6H,3-5H2,1-2H3,(H,12,13)(H,10,11,14). The fourth-order valence-corrected chi connectivity index (χ4v) is 2.27. The summed E-state index contributed by atoms with van der Waals surface area (Å²) in [6.07, 6.45) is 1.24. The summed E-state index contributed by atoms with van der Waals surface area (Å²) in [4.78, 5) is 21.5. The number of nitrogens with one attached hydrogen (secondary N) is 1. The van der Waals surface area contributed by atoms with Gasteiger partial charge < -0.3 is 10.4 Å². The third-order valence-corrected chi connectivity index (χ3v) is 2.76. The Morgan fingerprint density at radius 1 is 1.53 bits per heavy atom. The molecule has 0 saturated carbocycles. The van der Waals surface area contributed by atoms with E-state index in [9.17, 15) is 9.59 Å². The van der Waals surface area contributed by atoms with Crippen LogP contribution in [0.1, 0.15) is 33.1 Å². The molecule has 0 fully saturated rings. The molecule has 1 atom stereocenters. The number of amides is 1. The molecule has 0 aliphatic rings. The van der Waals surface area contributed by atoms with Crippen molar-refractivity contribution in [2.24, 2.45) is 0 Å². The molecule has 2 N–H and O–H groups in total. The van der Waals surface area contributed by atoms with Crippen molar-refractivity contribution in [2.75, 3.05) is 0 Å². The van der Waals surface area contributed by atoms with Gasteiger partial charge in [0.2, 0.25) is 5.91 Å². The number of carboxylic acids is 1. The topological polar surface area (TPSA) is 66.4 Å². The van der Waals surface area contributed by atoms with Crippen LogP contribution in [0, 0.1) is 0 Å². The maximum Gasteiger partial charge on any atom is 0.304 e. The molecule has 86 valence electrons. The van der Waals surface area contributed by atoms with Gasteiger partial charge in [-0.15, -0.1) is 0 Å². The zero-order chi connectivity index (χ0) is 11.8. The van der Waals surface area contributed by atoms with Crippen LogP contribution in [0.4, 0.5) is 0 Å². The predicted octanol–water partition coefficient (Wildman–Crippen LogP) is 1.78. The van der Waals surface area contributed by atoms with E-state index in [0.717, 1.165) is 6.42 Å². The van der Waals surface area contributed by atoms with Crippen LogP contribution in [0.2, 0.25) is 0 Å². The average Bonchev–Trinajstić information content (AvgIpc) is 2.00. The van der Waals surface area contributed by atoms with Gasteiger partial charge in [0.25, 0.3) is 0 Å². The fraction of sp³-hybridized carbons (Fsp3) is 0.667. The smallest absolute Gasteiger partial charge is 0.304 e. The Kier molecular flexibility index (Phi) is 7.33. The van der Waals surface area contributed by atoms with E-state index >= 15 is 0 Å². The minimum atomic E-state index is -0.863. The maximum absolute atomic E-state index is 11.1. The highest BCUT2D eigenvalue weighted by atomic mass is 32.2. The summed E-state index contributed by atoms with van der Waals surface area (Å²) in [6, 6.07) is 0. The molecular formula is C9H15NO3S2. The highest BCUT2D eigenvalue weighted by Crippen LogP contribution is 2.14. The number of carboxylic acid groups (broad SMARTS) is 1. The molecule has 0 heterocycles. The lowest BCUT2D eigenvalue weighted by Gasteiger charge is -2.09. The number of hydrogen-bond donors (Lipinski definition) is 2. The second-order valence-electron chi connectivity index (χ2n) is 3.11. The largest absolute Gasteiger partial charge is 0.481 e. The summed E-state index contributed by atoms with van der Waals surface area (Å²) in [6.45, 7) is 3.67. The summed E-state index contributed by atoms with van der Waals surface area (Å²) in [7, 11) is 0. The molecule has 0 aliphatic heterocycles. The van der Waals surface area contributed by atoms with Crippen LogP contribution in [0.5, 0.6) is 0 Å². The van der Waals surface area contributed by atoms with Crippen molar-refractivity contribution in [3.05, 3.63) is 0 Å². The van der Waals surface area contributed by atoms with E-state index in [-0.39, 0.29) is 17.6 Å². The van der Waals surface area contributed by atoms with Gasteiger partial charge in [-0.2, -0.15) is 0 Å². The van der Waals surface area contributed by atoms with Gasteiger partial charge in [0.15, 0.2) is 0 Å². The normalized spacial score (nSPS) is 11.9. The average molecular weight is 249 g/mol. The number of aliphatic carboxylic acids is 1. The van der Waals surface area contributed by atoms with Crippen LogP contribution in [0.15, 0.2) is 0 Å². The van der Waals surface area contributed by atoms with Crippen LogP contribution in [0.25, 0.3) is 0 Å². The number of carbonyl (C=O) groups excluding carboxylic acids is 1. The van der Waals surface area contributed by atoms with Crippen molar-refractivity contribution in [3.8, 4) is 0 Å². The molecule has 0 bridgehead atoms. The van der Waals surface area contributed by atoms with Gasteiger partial charge in [-0.1, -0.05) is 37.8 Å². The van der Waals surface area contributed by atoms with Crippen LogP contribution in [-0.4, -0.2) is 26.6 Å². The molecule has 0 aromatic heterocycles. The van der Waals surface area contributed by atoms with Crippen molar-refractivity contribution in [1.82, 2.24) is 5.32 Å². The van der Waals surface area contributed by atoms with E-state index in [0.29, 0.717) is 10.7 Å². The lowest BCUT2D eigenvalue weighted by molar-refractivity contribution is -0.136. The summed E-state index contributed by atoms with van der Waals surface area (Å²) in [5.41, 5.74) is 0. The quantitative estimate of drug-likeness (QED) is 0.727. The van der Waals surface area contributed by atoms with Gasteiger partial charge in [0, 0.05) is 11.7 Å². The Morgan fingerprint density at radius 3 is 2.60 bits per heavy atom. The second-order valence-corrected chi connectivity index (χ2v) is 5.23. The first-order chi connectivity index (χ1) is 6.95. The molecule has 15 heavy (non-hydrogen) atoms. The van der Waals surface area contributed by atoms with Crippen molar-refractivity contribution in [1.29, 1.82) is 0 Å². The zero-order valence-electron chi connectivity index (χ0n) is 8.78. The van der Waals surface area contributed by atoms with Crippen LogP contribution in [-0.2, 0) is 9.59 Å². The minimum Gasteiger partial charge on any atom is -0.481 e. The van der Waals surface area contributed by atoms with Gasteiger partial charge in [0.05, 0.1) is 6.42 Å². The molecule has 0 spiro atoms. The van der Waals surface area contributed by atoms with E-state index in [1.54, 1.807) is 6.92 Å². The first-order valence-corrected chi connectivity index (χ1v) is 5.96. The number of carbonyl (C=O) groups is 2. The predicted molar refractivity (Wildman–Crippen MR) is 65.0 cm³/mol. The summed E-state index contributed by atoms with van der Waals surface area (Å²) >= 11 is 6.11. The third-order valence-electron chi connectivity index (χ3n) is 1.49. The highest BCUT2D eigenvalue weighted by Gasteiger charge is 2.12. The molecule has 0 aliphatic carbocycles. The molecule has 0 rings (SSSR count). The third kappa shape index (κ3) is 8.38. The SMILES string of the molecule is CCCC(=O)NC(=S)SC(C)CC(=O)O. The molecule has 0 saturated heterocycles. The second kappa shape index (κ2) is 7.64. The molecule has 0 aromatic carbocycles. The summed E-state index contributed by atoms with van der Waals surface area (Å²) in [5, 5.41) is 10.9. The Balaban J connectivity index is 3.82. The van der Waals surface area contributed by atoms with Crippen LogP contribution >= 0.6 is 24.0 Å². The summed E-state index contributed by atoms with van der Waals surface area (Å²) in [5.74, 6) is -0.977. The minimum absolute atomic E-state index is 0.0362. The van der Waals surface area contributed by atoms with E-state index in [2.05, 4.69) is 5.32 Å². The molecule has 0 aromatic rings. The number of hydrogen-bond acceptors (Lipinski definition) is 4. The zero-order valence-corrected chi connectivity index (χ0v) is 10.4. The van der Waals surface area contributed by atoms with Crippen molar-refractivity contribution in [2.45, 2.75) is 38.4 Å². The first kappa shape index (κ1) is 14.4. The van der Waals surface area contributed by atoms with Gasteiger partial charge in [0.1, 0.15) is 4.32 Å². The lowest BCUT2D eigenvalue weighted by Crippen LogP contribution is -2.27. The number of thioether (sulfide) groups is 1. The van der Waals surface area contributed by atoms with Gasteiger partial charge in [-0.25, -0.2) is 0 Å². The van der Waals surface area contributed by atoms with Gasteiger partial charge in [-0.05, 0) is 6.42 Å². The number of thiocarbonyl (C=S) groups is 1. The number of rotatable bonds is 5. The Bertz CT molecular complexity index is 256. The van der Waals surface area contributed by atoms with Crippen LogP contribution < -0.4 is 5.32 Å². The molecule has 1 unspecified atom stereocenters. The fourth-order valence-electron chi connectivity index (χ4n) is 0.903. The van der Waals surface area contributed by atoms with Crippen molar-refractivity contribution in [3.63, 3.8) is 0 Å². The van der Waals surface area contributed by atoms with E-state index in [1.165, 1.54) is 11.8 Å². The van der Waals surface area contributed by atoms with E-state index in [4.69, 9.17) is 17.3 Å². The van der Waals surface area contributed by atoms with Crippen LogP contribution in [0.3, 0.4) is 0 Å². The molecule has 1 amide bonds. The molecule has 4 nitrogen and oxygen atoms in total. The molecule has 0 radical (unpaired) electrons. The highest BCUT2D eigenvalue weighted by molar-refractivity contribution is 8.23. The monoisotopic (exact) mass is 249 g/mol. The first-order valence-electron chi connectivity index (χ1n) is 4.68. The van der Waals surface area contributed by atoms with Crippen molar-refractivity contribution >= 4 is 40.2 Å². The summed E-state index contributed by atoms with van der Waals surface area (Å²) < 4.78 is 0.349. The Morgan fingerprint density at radius 2 is 2.13 bits per heavy atom. The van der Waals surface area contributed by atoms with Gasteiger partial charge >= 0.3 is 5.97 Å². The maximum atomic E-state index is 11.1. The lowest BCUT2D eigenvalue weighted by atomic mass is 10.3. The molecule has 6 heteroatoms. The Hall–Kier alpha value is -0.620. The van der Waals surface area contributed by atoms with Gasteiger partial charge in [-0.3, -0.25) is 9.59 Å².